The van der Waals surface area contributed by atoms with Gasteiger partial charge in [0.25, 0.3) is 11.8 Å². The molecule has 2 amide bonds. The van der Waals surface area contributed by atoms with Crippen LogP contribution >= 0.6 is 0 Å². The number of nitrogens with two attached hydrogens (primary N) is 1. The van der Waals surface area contributed by atoms with Crippen LogP contribution in [0.15, 0.2) is 18.2 Å². The summed E-state index contributed by atoms with van der Waals surface area (Å²) in [5, 5.41) is 8.68. The first-order chi connectivity index (χ1) is 8.66. The SMILES string of the molecule is Nc1cccc2c1C(=O)N(CCCCCO)C2=O. The van der Waals surface area contributed by atoms with Gasteiger partial charge in [0.1, 0.15) is 0 Å². The molecule has 0 atom stereocenters. The van der Waals surface area contributed by atoms with E-state index in [-0.39, 0.29) is 18.4 Å². The van der Waals surface area contributed by atoms with Gasteiger partial charge in [0.05, 0.1) is 11.1 Å². The van der Waals surface area contributed by atoms with E-state index < -0.39 is 0 Å². The van der Waals surface area contributed by atoms with Gasteiger partial charge in [-0.1, -0.05) is 6.07 Å². The second-order valence-electron chi connectivity index (χ2n) is 4.32. The molecule has 0 saturated carbocycles. The number of amides is 2. The van der Waals surface area contributed by atoms with Crippen molar-refractivity contribution in [2.24, 2.45) is 0 Å². The number of rotatable bonds is 5. The van der Waals surface area contributed by atoms with Gasteiger partial charge in [0.15, 0.2) is 0 Å². The largest absolute Gasteiger partial charge is 0.398 e. The number of nitrogens with zero attached hydrogens (tertiary/aromatic N) is 1. The highest BCUT2D eigenvalue weighted by molar-refractivity contribution is 6.23. The number of nitrogen functional groups attached to an aromatic ring is 1. The lowest BCUT2D eigenvalue weighted by atomic mass is 10.1. The maximum Gasteiger partial charge on any atom is 0.263 e. The summed E-state index contributed by atoms with van der Waals surface area (Å²) < 4.78 is 0. The van der Waals surface area contributed by atoms with Crippen molar-refractivity contribution in [3.63, 3.8) is 0 Å². The molecule has 0 saturated heterocycles. The van der Waals surface area contributed by atoms with Crippen molar-refractivity contribution < 1.29 is 14.7 Å². The molecule has 1 aliphatic rings. The first-order valence-corrected chi connectivity index (χ1v) is 6.02. The number of unbranched alkanes of at least 4 members (excludes halogenated alkanes) is 2. The molecule has 1 aliphatic heterocycles. The van der Waals surface area contributed by atoms with Gasteiger partial charge in [0.2, 0.25) is 0 Å². The van der Waals surface area contributed by atoms with Crippen molar-refractivity contribution in [2.45, 2.75) is 19.3 Å². The molecule has 0 fully saturated rings. The van der Waals surface area contributed by atoms with E-state index in [0.717, 1.165) is 6.42 Å². The molecule has 96 valence electrons. The molecule has 0 aromatic heterocycles. The monoisotopic (exact) mass is 248 g/mol. The highest BCUT2D eigenvalue weighted by Gasteiger charge is 2.36. The van der Waals surface area contributed by atoms with Crippen LogP contribution in [0.4, 0.5) is 5.69 Å². The fourth-order valence-corrected chi connectivity index (χ4v) is 2.12. The van der Waals surface area contributed by atoms with Crippen LogP contribution < -0.4 is 5.73 Å². The Bertz CT molecular complexity index is 485. The zero-order chi connectivity index (χ0) is 13.1. The number of carbonyl (C=O) groups excluding carboxylic acids is 2. The summed E-state index contributed by atoms with van der Waals surface area (Å²) in [6.45, 7) is 0.515. The van der Waals surface area contributed by atoms with Crippen LogP contribution in [0.3, 0.4) is 0 Å². The van der Waals surface area contributed by atoms with Gasteiger partial charge in [-0.05, 0) is 31.4 Å². The van der Waals surface area contributed by atoms with Crippen molar-refractivity contribution in [1.29, 1.82) is 0 Å². The second-order valence-corrected chi connectivity index (χ2v) is 4.32. The van der Waals surface area contributed by atoms with Crippen molar-refractivity contribution in [1.82, 2.24) is 4.90 Å². The summed E-state index contributed by atoms with van der Waals surface area (Å²) >= 11 is 0. The van der Waals surface area contributed by atoms with Crippen molar-refractivity contribution in [3.05, 3.63) is 29.3 Å². The van der Waals surface area contributed by atoms with Crippen LogP contribution in [-0.2, 0) is 0 Å². The van der Waals surface area contributed by atoms with E-state index in [9.17, 15) is 9.59 Å². The van der Waals surface area contributed by atoms with Gasteiger partial charge in [-0.25, -0.2) is 0 Å². The summed E-state index contributed by atoms with van der Waals surface area (Å²) in [6.07, 6.45) is 2.18. The standard InChI is InChI=1S/C13H16N2O3/c14-10-6-4-5-9-11(10)13(18)15(12(9)17)7-2-1-3-8-16/h4-6,16H,1-3,7-8,14H2. The zero-order valence-corrected chi connectivity index (χ0v) is 10.1. The molecule has 1 heterocycles. The Hall–Kier alpha value is -1.88. The molecule has 1 aromatic carbocycles. The average molecular weight is 248 g/mol. The number of imide groups is 1. The third kappa shape index (κ3) is 2.09. The number of aliphatic hydroxyl groups is 1. The third-order valence-corrected chi connectivity index (χ3v) is 3.07. The summed E-state index contributed by atoms with van der Waals surface area (Å²) in [5.41, 5.74) is 6.80. The van der Waals surface area contributed by atoms with E-state index in [1.54, 1.807) is 18.2 Å². The van der Waals surface area contributed by atoms with Crippen molar-refractivity contribution in [3.8, 4) is 0 Å². The van der Waals surface area contributed by atoms with Crippen LogP contribution in [0.25, 0.3) is 0 Å². The van der Waals surface area contributed by atoms with Crippen molar-refractivity contribution in [2.75, 3.05) is 18.9 Å². The van der Waals surface area contributed by atoms with E-state index in [1.807, 2.05) is 0 Å². The van der Waals surface area contributed by atoms with Gasteiger partial charge in [0, 0.05) is 18.8 Å². The fraction of sp³-hybridized carbons (Fsp3) is 0.385. The summed E-state index contributed by atoms with van der Waals surface area (Å²) in [7, 11) is 0. The summed E-state index contributed by atoms with van der Waals surface area (Å²) in [4.78, 5) is 25.3. The molecule has 0 aliphatic carbocycles. The predicted molar refractivity (Wildman–Crippen MR) is 67.2 cm³/mol. The Kier molecular flexibility index (Phi) is 3.62. The number of benzene rings is 1. The number of hydrogen-bond acceptors (Lipinski definition) is 4. The molecule has 2 rings (SSSR count). The molecule has 3 N–H and O–H groups in total. The van der Waals surface area contributed by atoms with E-state index >= 15 is 0 Å². The molecule has 0 bridgehead atoms. The van der Waals surface area contributed by atoms with Crippen molar-refractivity contribution >= 4 is 17.5 Å². The molecule has 0 spiro atoms. The van der Waals surface area contributed by atoms with Crippen LogP contribution in [0.5, 0.6) is 0 Å². The molecule has 0 radical (unpaired) electrons. The van der Waals surface area contributed by atoms with Crippen LogP contribution in [-0.4, -0.2) is 35.0 Å². The summed E-state index contributed by atoms with van der Waals surface area (Å²) in [6, 6.07) is 4.92. The topological polar surface area (TPSA) is 83.6 Å². The fourth-order valence-electron chi connectivity index (χ4n) is 2.12. The Labute approximate surface area is 105 Å². The second kappa shape index (κ2) is 5.18. The number of anilines is 1. The first-order valence-electron chi connectivity index (χ1n) is 6.02. The molecular weight excluding hydrogens is 232 g/mol. The quantitative estimate of drug-likeness (QED) is 0.463. The van der Waals surface area contributed by atoms with Crippen LogP contribution in [0.2, 0.25) is 0 Å². The van der Waals surface area contributed by atoms with Gasteiger partial charge >= 0.3 is 0 Å². The Morgan fingerprint density at radius 2 is 1.89 bits per heavy atom. The first kappa shape index (κ1) is 12.6. The number of fused-ring (bicyclic) bond motifs is 1. The highest BCUT2D eigenvalue weighted by Crippen LogP contribution is 2.27. The van der Waals surface area contributed by atoms with Crippen LogP contribution in [0.1, 0.15) is 40.0 Å². The highest BCUT2D eigenvalue weighted by atomic mass is 16.3. The maximum absolute atomic E-state index is 12.1. The minimum absolute atomic E-state index is 0.134. The lowest BCUT2D eigenvalue weighted by Gasteiger charge is -2.13. The van der Waals surface area contributed by atoms with Gasteiger partial charge < -0.3 is 10.8 Å². The Morgan fingerprint density at radius 3 is 2.56 bits per heavy atom. The maximum atomic E-state index is 12.1. The van der Waals surface area contributed by atoms with Gasteiger partial charge in [-0.2, -0.15) is 0 Å². The van der Waals surface area contributed by atoms with E-state index in [1.165, 1.54) is 4.90 Å². The van der Waals surface area contributed by atoms with E-state index in [4.69, 9.17) is 10.8 Å². The minimum atomic E-state index is -0.308. The normalized spacial score (nSPS) is 14.2. The molecule has 5 heteroatoms. The minimum Gasteiger partial charge on any atom is -0.398 e. The smallest absolute Gasteiger partial charge is 0.263 e. The predicted octanol–water partition coefficient (Wildman–Crippen LogP) is 1.03. The lowest BCUT2D eigenvalue weighted by Crippen LogP contribution is -2.30. The third-order valence-electron chi connectivity index (χ3n) is 3.07. The van der Waals surface area contributed by atoms with E-state index in [2.05, 4.69) is 0 Å². The van der Waals surface area contributed by atoms with Gasteiger partial charge in [-0.15, -0.1) is 0 Å². The molecule has 0 unspecified atom stereocenters. The summed E-state index contributed by atoms with van der Waals surface area (Å²) in [5.74, 6) is -0.580. The Balaban J connectivity index is 2.11. The number of carbonyl (C=O) groups is 2. The molecular formula is C13H16N2O3. The molecule has 18 heavy (non-hydrogen) atoms. The number of aliphatic hydroxyl groups excluding tert-OH is 1. The van der Waals surface area contributed by atoms with Gasteiger partial charge in [-0.3, -0.25) is 14.5 Å². The Morgan fingerprint density at radius 1 is 1.11 bits per heavy atom. The molecule has 1 aromatic rings. The average Bonchev–Trinajstić information content (AvgIpc) is 2.60. The zero-order valence-electron chi connectivity index (χ0n) is 10.1. The lowest BCUT2D eigenvalue weighted by molar-refractivity contribution is 0.0651. The number of hydrogen-bond donors (Lipinski definition) is 2. The molecule has 5 nitrogen and oxygen atoms in total. The van der Waals surface area contributed by atoms with E-state index in [0.29, 0.717) is 36.2 Å². The van der Waals surface area contributed by atoms with Crippen LogP contribution in [0, 0.1) is 0 Å².